The van der Waals surface area contributed by atoms with Crippen LogP contribution in [0.15, 0.2) is 30.3 Å². The van der Waals surface area contributed by atoms with Gasteiger partial charge in [-0.05, 0) is 24.8 Å². The lowest BCUT2D eigenvalue weighted by molar-refractivity contribution is -0.199. The van der Waals surface area contributed by atoms with Crippen molar-refractivity contribution in [1.29, 1.82) is 0 Å². The zero-order valence-corrected chi connectivity index (χ0v) is 15.9. The monoisotopic (exact) mass is 371 g/mol. The number of hydrogen-bond acceptors (Lipinski definition) is 3. The van der Waals surface area contributed by atoms with Crippen LogP contribution in [0.25, 0.3) is 0 Å². The topological polar surface area (TPSA) is 72.9 Å². The van der Waals surface area contributed by atoms with Gasteiger partial charge in [0.05, 0.1) is 18.2 Å². The number of benzene rings is 1. The summed E-state index contributed by atoms with van der Waals surface area (Å²) in [6.07, 6.45) is 3.89. The van der Waals surface area contributed by atoms with E-state index in [4.69, 9.17) is 0 Å². The molecule has 2 heterocycles. The number of carbonyl (C=O) groups excluding carboxylic acids is 2. The van der Waals surface area contributed by atoms with Crippen molar-refractivity contribution in [3.05, 3.63) is 35.9 Å². The minimum absolute atomic E-state index is 0.0399. The molecule has 2 saturated heterocycles. The number of rotatable bonds is 5. The van der Waals surface area contributed by atoms with Crippen LogP contribution in [0.5, 0.6) is 0 Å². The van der Waals surface area contributed by atoms with E-state index in [1.165, 1.54) is 0 Å². The molecule has 3 aliphatic rings. The molecule has 6 nitrogen and oxygen atoms in total. The molecular formula is C21H29N3O3. The third-order valence-electron chi connectivity index (χ3n) is 6.56. The Kier molecular flexibility index (Phi) is 4.84. The fourth-order valence-corrected chi connectivity index (χ4v) is 4.97. The van der Waals surface area contributed by atoms with E-state index < -0.39 is 0 Å². The van der Waals surface area contributed by atoms with E-state index in [2.05, 4.69) is 17.4 Å². The molecule has 6 heteroatoms. The van der Waals surface area contributed by atoms with Crippen molar-refractivity contribution < 1.29 is 14.7 Å². The van der Waals surface area contributed by atoms with Crippen LogP contribution in [0.1, 0.15) is 44.1 Å². The molecule has 27 heavy (non-hydrogen) atoms. The Balaban J connectivity index is 1.58. The maximum absolute atomic E-state index is 13.1. The first-order chi connectivity index (χ1) is 13.1. The first kappa shape index (κ1) is 18.3. The van der Waals surface area contributed by atoms with Crippen molar-refractivity contribution in [1.82, 2.24) is 15.1 Å². The molecule has 3 amide bonds. The van der Waals surface area contributed by atoms with E-state index >= 15 is 0 Å². The Morgan fingerprint density at radius 2 is 1.93 bits per heavy atom. The lowest BCUT2D eigenvalue weighted by Crippen LogP contribution is -2.86. The molecule has 146 valence electrons. The van der Waals surface area contributed by atoms with Gasteiger partial charge in [-0.1, -0.05) is 43.7 Å². The molecule has 2 atom stereocenters. The number of nitrogens with one attached hydrogen (secondary N) is 1. The molecule has 0 unspecified atom stereocenters. The molecule has 1 saturated carbocycles. The maximum Gasteiger partial charge on any atom is 0.317 e. The van der Waals surface area contributed by atoms with E-state index in [1.54, 1.807) is 4.90 Å². The Bertz CT molecular complexity index is 698. The van der Waals surface area contributed by atoms with Gasteiger partial charge in [0.1, 0.15) is 0 Å². The molecule has 4 rings (SSSR count). The average molecular weight is 371 g/mol. The molecule has 1 aromatic rings. The highest BCUT2D eigenvalue weighted by atomic mass is 16.3. The molecule has 0 bridgehead atoms. The van der Waals surface area contributed by atoms with Crippen LogP contribution < -0.4 is 5.32 Å². The summed E-state index contributed by atoms with van der Waals surface area (Å²) in [6, 6.07) is 9.86. The third-order valence-corrected chi connectivity index (χ3v) is 6.56. The van der Waals surface area contributed by atoms with E-state index in [0.717, 1.165) is 31.2 Å². The third kappa shape index (κ3) is 2.81. The van der Waals surface area contributed by atoms with Crippen molar-refractivity contribution in [2.24, 2.45) is 5.92 Å². The summed E-state index contributed by atoms with van der Waals surface area (Å²) >= 11 is 0. The summed E-state index contributed by atoms with van der Waals surface area (Å²) in [5.74, 6) is 0.333. The summed E-state index contributed by atoms with van der Waals surface area (Å²) in [6.45, 7) is 3.73. The van der Waals surface area contributed by atoms with Gasteiger partial charge in [-0.15, -0.1) is 0 Å². The predicted octanol–water partition coefficient (Wildman–Crippen LogP) is 1.95. The number of nitrogens with zero attached hydrogens (tertiary/aromatic N) is 2. The van der Waals surface area contributed by atoms with Gasteiger partial charge < -0.3 is 20.2 Å². The van der Waals surface area contributed by atoms with Gasteiger partial charge in [0, 0.05) is 31.5 Å². The highest BCUT2D eigenvalue weighted by molar-refractivity contribution is 5.84. The van der Waals surface area contributed by atoms with Gasteiger partial charge >= 0.3 is 6.03 Å². The zero-order chi connectivity index (χ0) is 19.0. The minimum atomic E-state index is -0.370. The van der Waals surface area contributed by atoms with E-state index in [1.807, 2.05) is 30.0 Å². The number of aliphatic hydroxyl groups is 1. The number of likely N-dealkylation sites (tertiary alicyclic amines) is 2. The van der Waals surface area contributed by atoms with Crippen LogP contribution in [0.3, 0.4) is 0 Å². The van der Waals surface area contributed by atoms with Gasteiger partial charge in [0.2, 0.25) is 5.91 Å². The first-order valence-electron chi connectivity index (χ1n) is 10.1. The van der Waals surface area contributed by atoms with Crippen molar-refractivity contribution in [3.63, 3.8) is 0 Å². The lowest BCUT2D eigenvalue weighted by Gasteiger charge is -2.71. The Morgan fingerprint density at radius 3 is 2.48 bits per heavy atom. The molecular weight excluding hydrogens is 342 g/mol. The van der Waals surface area contributed by atoms with Crippen molar-refractivity contribution in [2.75, 3.05) is 26.2 Å². The summed E-state index contributed by atoms with van der Waals surface area (Å²) in [5.41, 5.74) is 0.771. The minimum Gasteiger partial charge on any atom is -0.394 e. The van der Waals surface area contributed by atoms with Crippen LogP contribution in [0.2, 0.25) is 0 Å². The normalized spacial score (nSPS) is 26.1. The standard InChI is InChI=1S/C21H29N3O3/c1-2-11-22-20(27)23-13-21(14-23)18(15-7-4-3-5-8-15)17(12-25)24(21)19(26)16-9-6-10-16/h3-5,7-8,16-18,25H,2,6,9-14H2,1H3,(H,22,27)/t17-,18+/m1/s1. The molecule has 2 aliphatic heterocycles. The van der Waals surface area contributed by atoms with Crippen LogP contribution in [-0.2, 0) is 4.79 Å². The molecule has 1 aromatic carbocycles. The molecule has 1 aliphatic carbocycles. The van der Waals surface area contributed by atoms with E-state index in [-0.39, 0.29) is 42.0 Å². The average Bonchev–Trinajstić information content (AvgIpc) is 2.57. The largest absolute Gasteiger partial charge is 0.394 e. The second-order valence-electron chi connectivity index (χ2n) is 8.17. The summed E-state index contributed by atoms with van der Waals surface area (Å²) in [4.78, 5) is 29.2. The molecule has 0 aromatic heterocycles. The van der Waals surface area contributed by atoms with Crippen LogP contribution in [0, 0.1) is 5.92 Å². The van der Waals surface area contributed by atoms with E-state index in [9.17, 15) is 14.7 Å². The Hall–Kier alpha value is -2.08. The molecule has 3 fully saturated rings. The van der Waals surface area contributed by atoms with Crippen molar-refractivity contribution in [2.45, 2.75) is 50.1 Å². The van der Waals surface area contributed by atoms with Gasteiger partial charge in [-0.2, -0.15) is 0 Å². The number of carbonyl (C=O) groups is 2. The van der Waals surface area contributed by atoms with Crippen LogP contribution in [0.4, 0.5) is 4.79 Å². The van der Waals surface area contributed by atoms with Gasteiger partial charge in [-0.3, -0.25) is 4.79 Å². The lowest BCUT2D eigenvalue weighted by atomic mass is 9.60. The SMILES string of the molecule is CCCNC(=O)N1CC2(C1)[C@@H](c1ccccc1)[C@@H](CO)N2C(=O)C1CCC1. The fraction of sp³-hybridized carbons (Fsp3) is 0.619. The summed E-state index contributed by atoms with van der Waals surface area (Å²) in [7, 11) is 0. The molecule has 0 radical (unpaired) electrons. The maximum atomic E-state index is 13.1. The Morgan fingerprint density at radius 1 is 1.22 bits per heavy atom. The van der Waals surface area contributed by atoms with Gasteiger partial charge in [-0.25, -0.2) is 4.79 Å². The Labute approximate surface area is 160 Å². The number of aliphatic hydroxyl groups excluding tert-OH is 1. The fourth-order valence-electron chi connectivity index (χ4n) is 4.97. The number of amides is 3. The number of hydrogen-bond donors (Lipinski definition) is 2. The smallest absolute Gasteiger partial charge is 0.317 e. The van der Waals surface area contributed by atoms with Gasteiger partial charge in [0.25, 0.3) is 0 Å². The zero-order valence-electron chi connectivity index (χ0n) is 15.9. The highest BCUT2D eigenvalue weighted by Crippen LogP contribution is 2.55. The van der Waals surface area contributed by atoms with Crippen LogP contribution in [-0.4, -0.2) is 64.7 Å². The highest BCUT2D eigenvalue weighted by Gasteiger charge is 2.68. The van der Waals surface area contributed by atoms with Crippen molar-refractivity contribution in [3.8, 4) is 0 Å². The summed E-state index contributed by atoms with van der Waals surface area (Å²) < 4.78 is 0. The van der Waals surface area contributed by atoms with Crippen LogP contribution >= 0.6 is 0 Å². The number of urea groups is 1. The van der Waals surface area contributed by atoms with Crippen molar-refractivity contribution >= 4 is 11.9 Å². The molecule has 2 N–H and O–H groups in total. The van der Waals surface area contributed by atoms with Gasteiger partial charge in [0.15, 0.2) is 0 Å². The predicted molar refractivity (Wildman–Crippen MR) is 102 cm³/mol. The first-order valence-corrected chi connectivity index (χ1v) is 10.1. The second kappa shape index (κ2) is 7.15. The summed E-state index contributed by atoms with van der Waals surface area (Å²) in [5, 5.41) is 13.0. The molecule has 1 spiro atoms. The quantitative estimate of drug-likeness (QED) is 0.831. The van der Waals surface area contributed by atoms with E-state index in [0.29, 0.717) is 19.6 Å². The second-order valence-corrected chi connectivity index (χ2v) is 8.17.